The van der Waals surface area contributed by atoms with Crippen molar-refractivity contribution in [3.63, 3.8) is 0 Å². The third-order valence-corrected chi connectivity index (χ3v) is 1.73. The molecule has 0 radical (unpaired) electrons. The van der Waals surface area contributed by atoms with Crippen LogP contribution in [0.15, 0.2) is 6.07 Å². The number of rotatable bonds is 2. The molecule has 1 heterocycles. The van der Waals surface area contributed by atoms with Crippen LogP contribution in [-0.2, 0) is 6.54 Å². The van der Waals surface area contributed by atoms with E-state index in [0.717, 1.165) is 4.68 Å². The van der Waals surface area contributed by atoms with Gasteiger partial charge in [-0.1, -0.05) is 0 Å². The van der Waals surface area contributed by atoms with Gasteiger partial charge in [0, 0.05) is 6.04 Å². The van der Waals surface area contributed by atoms with E-state index < -0.39 is 18.8 Å². The minimum atomic E-state index is -4.26. The van der Waals surface area contributed by atoms with Crippen molar-refractivity contribution in [2.24, 2.45) is 5.73 Å². The maximum Gasteiger partial charge on any atom is 0.408 e. The predicted octanol–water partition coefficient (Wildman–Crippen LogP) is 1.77. The highest BCUT2D eigenvalue weighted by Gasteiger charge is 2.30. The second-order valence-corrected chi connectivity index (χ2v) is 3.27. The van der Waals surface area contributed by atoms with Gasteiger partial charge in [-0.05, 0) is 19.9 Å². The third kappa shape index (κ3) is 2.73. The van der Waals surface area contributed by atoms with E-state index >= 15 is 0 Å². The molecule has 1 rings (SSSR count). The zero-order valence-corrected chi connectivity index (χ0v) is 7.97. The van der Waals surface area contributed by atoms with Gasteiger partial charge in [-0.15, -0.1) is 0 Å². The highest BCUT2D eigenvalue weighted by Crippen LogP contribution is 2.20. The van der Waals surface area contributed by atoms with Gasteiger partial charge in [-0.3, -0.25) is 4.68 Å². The molecule has 0 spiro atoms. The number of aromatic nitrogens is 2. The van der Waals surface area contributed by atoms with Crippen molar-refractivity contribution in [3.8, 4) is 0 Å². The molecule has 1 atom stereocenters. The van der Waals surface area contributed by atoms with Gasteiger partial charge in [-0.2, -0.15) is 18.3 Å². The second kappa shape index (κ2) is 3.61. The van der Waals surface area contributed by atoms with Gasteiger partial charge in [0.25, 0.3) is 0 Å². The summed E-state index contributed by atoms with van der Waals surface area (Å²) < 4.78 is 37.2. The zero-order chi connectivity index (χ0) is 10.9. The number of nitrogens with zero attached hydrogens (tertiary/aromatic N) is 2. The molecule has 1 aromatic rings. The Labute approximate surface area is 79.7 Å². The summed E-state index contributed by atoms with van der Waals surface area (Å²) in [5.41, 5.74) is 6.46. The molecular formula is C8H12F3N3. The highest BCUT2D eigenvalue weighted by atomic mass is 19.4. The fraction of sp³-hybridized carbons (Fsp3) is 0.625. The first-order chi connectivity index (χ1) is 6.29. The van der Waals surface area contributed by atoms with Gasteiger partial charge < -0.3 is 5.73 Å². The first kappa shape index (κ1) is 11.0. The first-order valence-electron chi connectivity index (χ1n) is 4.16. The van der Waals surface area contributed by atoms with Crippen LogP contribution in [0, 0.1) is 6.92 Å². The number of aryl methyl sites for hydroxylation is 1. The van der Waals surface area contributed by atoms with Gasteiger partial charge >= 0.3 is 6.18 Å². The third-order valence-electron chi connectivity index (χ3n) is 1.73. The summed E-state index contributed by atoms with van der Waals surface area (Å²) in [6.45, 7) is 2.18. The number of hydrogen-bond donors (Lipinski definition) is 1. The molecule has 0 aromatic carbocycles. The predicted molar refractivity (Wildman–Crippen MR) is 45.6 cm³/mol. The number of hydrogen-bond acceptors (Lipinski definition) is 2. The number of halogens is 3. The molecule has 6 heteroatoms. The molecule has 0 aliphatic rings. The molecule has 0 aliphatic heterocycles. The van der Waals surface area contributed by atoms with Crippen LogP contribution in [0.2, 0.25) is 0 Å². The number of nitrogens with two attached hydrogens (primary N) is 1. The van der Waals surface area contributed by atoms with Crippen molar-refractivity contribution in [3.05, 3.63) is 17.5 Å². The van der Waals surface area contributed by atoms with E-state index in [9.17, 15) is 13.2 Å². The normalized spacial score (nSPS) is 14.4. The molecule has 0 fully saturated rings. The quantitative estimate of drug-likeness (QED) is 0.803. The van der Waals surface area contributed by atoms with E-state index in [1.165, 1.54) is 0 Å². The molecule has 0 aliphatic carbocycles. The highest BCUT2D eigenvalue weighted by molar-refractivity contribution is 5.12. The Balaban J connectivity index is 2.96. The van der Waals surface area contributed by atoms with Crippen LogP contribution in [0.1, 0.15) is 24.4 Å². The van der Waals surface area contributed by atoms with Crippen LogP contribution in [-0.4, -0.2) is 16.0 Å². The van der Waals surface area contributed by atoms with Crippen molar-refractivity contribution in [2.45, 2.75) is 32.6 Å². The van der Waals surface area contributed by atoms with Crippen molar-refractivity contribution in [1.29, 1.82) is 0 Å². The molecule has 80 valence electrons. The lowest BCUT2D eigenvalue weighted by atomic mass is 10.2. The molecule has 0 bridgehead atoms. The lowest BCUT2D eigenvalue weighted by molar-refractivity contribution is -0.143. The maximum absolute atomic E-state index is 12.1. The lowest BCUT2D eigenvalue weighted by Gasteiger charge is -2.11. The van der Waals surface area contributed by atoms with Crippen molar-refractivity contribution >= 4 is 0 Å². The Morgan fingerprint density at radius 2 is 2.14 bits per heavy atom. The summed E-state index contributed by atoms with van der Waals surface area (Å²) in [4.78, 5) is 0. The van der Waals surface area contributed by atoms with Crippen LogP contribution in [0.3, 0.4) is 0 Å². The largest absolute Gasteiger partial charge is 0.408 e. The van der Waals surface area contributed by atoms with Gasteiger partial charge in [0.2, 0.25) is 0 Å². The second-order valence-electron chi connectivity index (χ2n) is 3.27. The molecule has 14 heavy (non-hydrogen) atoms. The van der Waals surface area contributed by atoms with Gasteiger partial charge in [0.1, 0.15) is 6.54 Å². The monoisotopic (exact) mass is 207 g/mol. The van der Waals surface area contributed by atoms with E-state index in [4.69, 9.17) is 5.73 Å². The SMILES string of the molecule is Cc1cc(C(C)N)n(CC(F)(F)F)n1. The Hall–Kier alpha value is -1.04. The van der Waals surface area contributed by atoms with E-state index in [2.05, 4.69) is 5.10 Å². The fourth-order valence-corrected chi connectivity index (χ4v) is 1.23. The van der Waals surface area contributed by atoms with E-state index in [0.29, 0.717) is 11.4 Å². The summed E-state index contributed by atoms with van der Waals surface area (Å²) in [6.07, 6.45) is -4.26. The van der Waals surface area contributed by atoms with Crippen LogP contribution < -0.4 is 5.73 Å². The fourth-order valence-electron chi connectivity index (χ4n) is 1.23. The van der Waals surface area contributed by atoms with E-state index in [1.807, 2.05) is 0 Å². The van der Waals surface area contributed by atoms with Crippen LogP contribution in [0.25, 0.3) is 0 Å². The van der Waals surface area contributed by atoms with Crippen LogP contribution >= 0.6 is 0 Å². The maximum atomic E-state index is 12.1. The molecule has 2 N–H and O–H groups in total. The molecule has 0 amide bonds. The summed E-state index contributed by atoms with van der Waals surface area (Å²) in [5.74, 6) is 0. The summed E-state index contributed by atoms with van der Waals surface area (Å²) in [5, 5.41) is 3.73. The topological polar surface area (TPSA) is 43.8 Å². The lowest BCUT2D eigenvalue weighted by Crippen LogP contribution is -2.22. The van der Waals surface area contributed by atoms with Crippen LogP contribution in [0.5, 0.6) is 0 Å². The molecule has 1 aromatic heterocycles. The summed E-state index contributed by atoms with van der Waals surface area (Å²) >= 11 is 0. The summed E-state index contributed by atoms with van der Waals surface area (Å²) in [6, 6.07) is 1.12. The van der Waals surface area contributed by atoms with Crippen LogP contribution in [0.4, 0.5) is 13.2 Å². The van der Waals surface area contributed by atoms with E-state index in [1.54, 1.807) is 19.9 Å². The molecular weight excluding hydrogens is 195 g/mol. The zero-order valence-electron chi connectivity index (χ0n) is 7.97. The standard InChI is InChI=1S/C8H12F3N3/c1-5-3-7(6(2)12)14(13-5)4-8(9,10)11/h3,6H,4,12H2,1-2H3. The van der Waals surface area contributed by atoms with Gasteiger partial charge in [0.15, 0.2) is 0 Å². The Morgan fingerprint density at radius 1 is 1.57 bits per heavy atom. The Bertz CT molecular complexity index is 314. The Kier molecular flexibility index (Phi) is 2.84. The molecule has 1 unspecified atom stereocenters. The minimum absolute atomic E-state index is 0.403. The summed E-state index contributed by atoms with van der Waals surface area (Å²) in [7, 11) is 0. The van der Waals surface area contributed by atoms with Crippen molar-refractivity contribution in [2.75, 3.05) is 0 Å². The Morgan fingerprint density at radius 3 is 2.57 bits per heavy atom. The smallest absolute Gasteiger partial charge is 0.323 e. The average Bonchev–Trinajstić information content (AvgIpc) is 2.27. The molecule has 0 saturated heterocycles. The van der Waals surface area contributed by atoms with Gasteiger partial charge in [0.05, 0.1) is 11.4 Å². The van der Waals surface area contributed by atoms with Crippen molar-refractivity contribution < 1.29 is 13.2 Å². The average molecular weight is 207 g/mol. The minimum Gasteiger partial charge on any atom is -0.323 e. The van der Waals surface area contributed by atoms with Crippen molar-refractivity contribution in [1.82, 2.24) is 9.78 Å². The first-order valence-corrected chi connectivity index (χ1v) is 4.16. The van der Waals surface area contributed by atoms with Gasteiger partial charge in [-0.25, -0.2) is 0 Å². The molecule has 0 saturated carbocycles. The van der Waals surface area contributed by atoms with E-state index in [-0.39, 0.29) is 0 Å². The molecule has 3 nitrogen and oxygen atoms in total. The number of alkyl halides is 3.